The van der Waals surface area contributed by atoms with Crippen LogP contribution in [0.25, 0.3) is 0 Å². The van der Waals surface area contributed by atoms with Gasteiger partial charge in [0.15, 0.2) is 0 Å². The summed E-state index contributed by atoms with van der Waals surface area (Å²) in [6, 6.07) is 14.8. The van der Waals surface area contributed by atoms with Gasteiger partial charge < -0.3 is 10.1 Å². The van der Waals surface area contributed by atoms with Crippen LogP contribution in [-0.4, -0.2) is 25.1 Å². The van der Waals surface area contributed by atoms with Crippen molar-refractivity contribution in [2.24, 2.45) is 5.10 Å². The van der Waals surface area contributed by atoms with Gasteiger partial charge in [0.2, 0.25) is 0 Å². The first-order chi connectivity index (χ1) is 12.9. The van der Waals surface area contributed by atoms with Gasteiger partial charge in [-0.3, -0.25) is 9.59 Å². The van der Waals surface area contributed by atoms with Crippen LogP contribution in [0.3, 0.4) is 0 Å². The highest BCUT2D eigenvalue weighted by Gasteiger charge is 2.16. The van der Waals surface area contributed by atoms with Gasteiger partial charge in [-0.1, -0.05) is 50.2 Å². The van der Waals surface area contributed by atoms with E-state index in [1.807, 2.05) is 36.4 Å². The Morgan fingerprint density at radius 2 is 1.52 bits per heavy atom. The zero-order valence-electron chi connectivity index (χ0n) is 16.0. The van der Waals surface area contributed by atoms with Crippen molar-refractivity contribution in [1.82, 2.24) is 10.7 Å². The van der Waals surface area contributed by atoms with Crippen LogP contribution in [0.2, 0.25) is 0 Å². The third-order valence-electron chi connectivity index (χ3n) is 4.15. The minimum Gasteiger partial charge on any atom is -0.497 e. The van der Waals surface area contributed by atoms with Crippen LogP contribution in [0.15, 0.2) is 53.6 Å². The molecule has 6 nitrogen and oxygen atoms in total. The lowest BCUT2D eigenvalue weighted by atomic mass is 10.0. The summed E-state index contributed by atoms with van der Waals surface area (Å²) in [5.74, 6) is -0.381. The Kier molecular flexibility index (Phi) is 7.11. The molecular formula is C21H25N3O3. The minimum atomic E-state index is -0.814. The zero-order valence-corrected chi connectivity index (χ0v) is 16.0. The molecule has 1 atom stereocenters. The van der Waals surface area contributed by atoms with Gasteiger partial charge >= 0.3 is 11.8 Å². The summed E-state index contributed by atoms with van der Waals surface area (Å²) in [5, 5.41) is 6.47. The average molecular weight is 367 g/mol. The molecule has 2 aromatic rings. The molecule has 0 saturated carbocycles. The Labute approximate surface area is 159 Å². The molecule has 0 heterocycles. The van der Waals surface area contributed by atoms with Crippen LogP contribution < -0.4 is 15.5 Å². The fraction of sp³-hybridized carbons (Fsp3) is 0.286. The molecule has 2 amide bonds. The van der Waals surface area contributed by atoms with E-state index in [0.717, 1.165) is 16.9 Å². The summed E-state index contributed by atoms with van der Waals surface area (Å²) in [5.41, 5.74) is 5.17. The number of nitrogens with zero attached hydrogens (tertiary/aromatic N) is 1. The van der Waals surface area contributed by atoms with Crippen molar-refractivity contribution in [3.05, 3.63) is 65.2 Å². The lowest BCUT2D eigenvalue weighted by Gasteiger charge is -2.13. The van der Waals surface area contributed by atoms with E-state index in [4.69, 9.17) is 4.74 Å². The van der Waals surface area contributed by atoms with Gasteiger partial charge in [0, 0.05) is 0 Å². The fourth-order valence-corrected chi connectivity index (χ4v) is 2.42. The second-order valence-electron chi connectivity index (χ2n) is 6.49. The lowest BCUT2D eigenvalue weighted by Crippen LogP contribution is -2.39. The standard InChI is InChI=1S/C21H25N3O3/c1-14(2)17-7-5-16(6-8-17)13-22-24-21(26)20(25)23-15(3)18-9-11-19(27-4)12-10-18/h5-15H,1-4H3,(H,23,25)(H,24,26)/b22-13+. The van der Waals surface area contributed by atoms with Crippen LogP contribution in [0.4, 0.5) is 0 Å². The van der Waals surface area contributed by atoms with Gasteiger partial charge in [-0.15, -0.1) is 0 Å². The molecule has 0 radical (unpaired) electrons. The van der Waals surface area contributed by atoms with E-state index in [1.165, 1.54) is 11.8 Å². The Hall–Kier alpha value is -3.15. The van der Waals surface area contributed by atoms with Gasteiger partial charge in [-0.25, -0.2) is 5.43 Å². The van der Waals surface area contributed by atoms with Crippen LogP contribution in [0, 0.1) is 0 Å². The maximum Gasteiger partial charge on any atom is 0.329 e. The smallest absolute Gasteiger partial charge is 0.329 e. The molecule has 0 aliphatic heterocycles. The maximum atomic E-state index is 12.0. The van der Waals surface area contributed by atoms with E-state index in [9.17, 15) is 9.59 Å². The number of benzene rings is 2. The average Bonchev–Trinajstić information content (AvgIpc) is 2.68. The Morgan fingerprint density at radius 3 is 2.07 bits per heavy atom. The third kappa shape index (κ3) is 5.95. The quantitative estimate of drug-likeness (QED) is 0.468. The van der Waals surface area contributed by atoms with Crippen molar-refractivity contribution >= 4 is 18.0 Å². The van der Waals surface area contributed by atoms with Gasteiger partial charge in [0.05, 0.1) is 19.4 Å². The summed E-state index contributed by atoms with van der Waals surface area (Å²) in [6.45, 7) is 6.04. The maximum absolute atomic E-state index is 12.0. The van der Waals surface area contributed by atoms with Crippen molar-refractivity contribution in [2.45, 2.75) is 32.7 Å². The highest BCUT2D eigenvalue weighted by Crippen LogP contribution is 2.17. The number of amides is 2. The highest BCUT2D eigenvalue weighted by molar-refractivity contribution is 6.35. The molecule has 2 N–H and O–H groups in total. The van der Waals surface area contributed by atoms with Crippen molar-refractivity contribution in [1.29, 1.82) is 0 Å². The predicted octanol–water partition coefficient (Wildman–Crippen LogP) is 3.15. The normalized spacial score (nSPS) is 12.0. The van der Waals surface area contributed by atoms with Crippen LogP contribution in [0.1, 0.15) is 49.4 Å². The summed E-state index contributed by atoms with van der Waals surface area (Å²) in [4.78, 5) is 23.9. The number of ether oxygens (including phenoxy) is 1. The number of methoxy groups -OCH3 is 1. The Balaban J connectivity index is 1.86. The van der Waals surface area contributed by atoms with Crippen molar-refractivity contribution in [3.8, 4) is 5.75 Å². The van der Waals surface area contributed by atoms with Crippen molar-refractivity contribution in [2.75, 3.05) is 7.11 Å². The molecule has 0 aliphatic carbocycles. The van der Waals surface area contributed by atoms with E-state index in [2.05, 4.69) is 29.7 Å². The fourth-order valence-electron chi connectivity index (χ4n) is 2.42. The van der Waals surface area contributed by atoms with Gasteiger partial charge in [0.25, 0.3) is 0 Å². The van der Waals surface area contributed by atoms with E-state index in [1.54, 1.807) is 26.2 Å². The Morgan fingerprint density at radius 1 is 0.926 bits per heavy atom. The molecule has 27 heavy (non-hydrogen) atoms. The first-order valence-corrected chi connectivity index (χ1v) is 8.78. The van der Waals surface area contributed by atoms with Crippen LogP contribution in [0.5, 0.6) is 5.75 Å². The molecule has 2 aromatic carbocycles. The van der Waals surface area contributed by atoms with Crippen LogP contribution in [-0.2, 0) is 9.59 Å². The molecule has 0 aliphatic rings. The topological polar surface area (TPSA) is 79.8 Å². The second-order valence-corrected chi connectivity index (χ2v) is 6.49. The monoisotopic (exact) mass is 367 g/mol. The number of hydrogen-bond acceptors (Lipinski definition) is 4. The third-order valence-corrected chi connectivity index (χ3v) is 4.15. The lowest BCUT2D eigenvalue weighted by molar-refractivity contribution is -0.139. The summed E-state index contributed by atoms with van der Waals surface area (Å²) in [7, 11) is 1.59. The van der Waals surface area contributed by atoms with Gasteiger partial charge in [-0.05, 0) is 41.7 Å². The minimum absolute atomic E-state index is 0.318. The Bertz CT molecular complexity index is 796. The second kappa shape index (κ2) is 9.52. The molecule has 2 rings (SSSR count). The van der Waals surface area contributed by atoms with Crippen molar-refractivity contribution < 1.29 is 14.3 Å². The van der Waals surface area contributed by atoms with Crippen LogP contribution >= 0.6 is 0 Å². The van der Waals surface area contributed by atoms with E-state index in [0.29, 0.717) is 5.92 Å². The van der Waals surface area contributed by atoms with Gasteiger partial charge in [-0.2, -0.15) is 5.10 Å². The van der Waals surface area contributed by atoms with Crippen molar-refractivity contribution in [3.63, 3.8) is 0 Å². The van der Waals surface area contributed by atoms with E-state index in [-0.39, 0.29) is 6.04 Å². The SMILES string of the molecule is COc1ccc(C(C)NC(=O)C(=O)N/N=C/c2ccc(C(C)C)cc2)cc1. The number of nitrogens with one attached hydrogen (secondary N) is 2. The summed E-state index contributed by atoms with van der Waals surface area (Å²) < 4.78 is 5.10. The number of hydrogen-bond donors (Lipinski definition) is 2. The molecule has 0 aromatic heterocycles. The molecule has 142 valence electrons. The van der Waals surface area contributed by atoms with Gasteiger partial charge in [0.1, 0.15) is 5.75 Å². The predicted molar refractivity (Wildman–Crippen MR) is 106 cm³/mol. The first-order valence-electron chi connectivity index (χ1n) is 8.78. The first kappa shape index (κ1) is 20.2. The zero-order chi connectivity index (χ0) is 19.8. The van der Waals surface area contributed by atoms with E-state index < -0.39 is 11.8 Å². The molecule has 0 bridgehead atoms. The molecule has 6 heteroatoms. The number of carbonyl (C=O) groups excluding carboxylic acids is 2. The number of rotatable bonds is 6. The molecule has 0 saturated heterocycles. The molecule has 0 spiro atoms. The molecule has 0 fully saturated rings. The summed E-state index contributed by atoms with van der Waals surface area (Å²) in [6.07, 6.45) is 1.50. The number of hydrazone groups is 1. The summed E-state index contributed by atoms with van der Waals surface area (Å²) >= 11 is 0. The highest BCUT2D eigenvalue weighted by atomic mass is 16.5. The molecule has 1 unspecified atom stereocenters. The van der Waals surface area contributed by atoms with E-state index >= 15 is 0 Å². The number of carbonyl (C=O) groups is 2. The molecular weight excluding hydrogens is 342 g/mol. The largest absolute Gasteiger partial charge is 0.497 e.